The quantitative estimate of drug-likeness (QED) is 0.894. The van der Waals surface area contributed by atoms with Crippen LogP contribution >= 0.6 is 0 Å². The Morgan fingerprint density at radius 1 is 1.37 bits per heavy atom. The highest BCUT2D eigenvalue weighted by Crippen LogP contribution is 2.27. The summed E-state index contributed by atoms with van der Waals surface area (Å²) in [6.45, 7) is 4.41. The van der Waals surface area contributed by atoms with Gasteiger partial charge in [0.2, 0.25) is 5.91 Å². The maximum absolute atomic E-state index is 11.8. The minimum Gasteiger partial charge on any atom is -0.376 e. The van der Waals surface area contributed by atoms with E-state index in [4.69, 9.17) is 14.7 Å². The number of hydrogen-bond donors (Lipinski definition) is 1. The van der Waals surface area contributed by atoms with E-state index in [-0.39, 0.29) is 12.0 Å². The minimum absolute atomic E-state index is 0.0762. The van der Waals surface area contributed by atoms with E-state index in [1.54, 1.807) is 19.3 Å². The first-order valence-electron chi connectivity index (χ1n) is 9.62. The summed E-state index contributed by atoms with van der Waals surface area (Å²) in [6, 6.07) is 3.83. The third kappa shape index (κ3) is 4.08. The summed E-state index contributed by atoms with van der Waals surface area (Å²) < 4.78 is 5.84. The van der Waals surface area contributed by atoms with E-state index in [1.807, 2.05) is 17.0 Å². The molecule has 2 aromatic heterocycles. The number of pyridine rings is 1. The van der Waals surface area contributed by atoms with Crippen molar-refractivity contribution in [2.45, 2.75) is 45.3 Å². The van der Waals surface area contributed by atoms with Crippen LogP contribution in [0.5, 0.6) is 0 Å². The van der Waals surface area contributed by atoms with Crippen molar-refractivity contribution in [3.63, 3.8) is 0 Å². The van der Waals surface area contributed by atoms with Crippen molar-refractivity contribution in [1.29, 1.82) is 0 Å². The molecule has 2 aromatic rings. The van der Waals surface area contributed by atoms with Gasteiger partial charge < -0.3 is 15.0 Å². The Morgan fingerprint density at radius 3 is 3.04 bits per heavy atom. The number of carbonyl (C=O) groups is 1. The van der Waals surface area contributed by atoms with Crippen LogP contribution in [0.4, 0.5) is 5.82 Å². The number of anilines is 1. The van der Waals surface area contributed by atoms with Crippen molar-refractivity contribution in [2.24, 2.45) is 0 Å². The maximum Gasteiger partial charge on any atom is 0.219 e. The number of hydrogen-bond acceptors (Lipinski definition) is 6. The number of rotatable bonds is 4. The Bertz CT molecular complexity index is 806. The predicted octanol–water partition coefficient (Wildman–Crippen LogP) is 2.42. The maximum atomic E-state index is 11.8. The highest BCUT2D eigenvalue weighted by Gasteiger charge is 2.24. The molecular weight excluding hydrogens is 342 g/mol. The van der Waals surface area contributed by atoms with Gasteiger partial charge in [0.05, 0.1) is 18.3 Å². The molecule has 1 N–H and O–H groups in total. The second-order valence-corrected chi connectivity index (χ2v) is 7.12. The van der Waals surface area contributed by atoms with Gasteiger partial charge >= 0.3 is 0 Å². The van der Waals surface area contributed by atoms with Gasteiger partial charge in [0.25, 0.3) is 0 Å². The van der Waals surface area contributed by atoms with Crippen LogP contribution in [0.2, 0.25) is 0 Å². The van der Waals surface area contributed by atoms with Crippen molar-refractivity contribution >= 4 is 11.7 Å². The van der Waals surface area contributed by atoms with Crippen molar-refractivity contribution in [1.82, 2.24) is 19.9 Å². The molecule has 0 unspecified atom stereocenters. The van der Waals surface area contributed by atoms with Crippen molar-refractivity contribution < 1.29 is 9.53 Å². The predicted molar refractivity (Wildman–Crippen MR) is 102 cm³/mol. The van der Waals surface area contributed by atoms with Crippen LogP contribution in [0.15, 0.2) is 24.5 Å². The summed E-state index contributed by atoms with van der Waals surface area (Å²) in [6.07, 6.45) is 7.92. The lowest BCUT2D eigenvalue weighted by molar-refractivity contribution is -0.129. The van der Waals surface area contributed by atoms with Crippen molar-refractivity contribution in [3.8, 4) is 11.4 Å². The van der Waals surface area contributed by atoms with Gasteiger partial charge in [-0.1, -0.05) is 0 Å². The topological polar surface area (TPSA) is 80.2 Å². The van der Waals surface area contributed by atoms with Crippen LogP contribution in [0.3, 0.4) is 0 Å². The van der Waals surface area contributed by atoms with Gasteiger partial charge in [0.15, 0.2) is 5.82 Å². The lowest BCUT2D eigenvalue weighted by Crippen LogP contribution is -2.36. The van der Waals surface area contributed by atoms with Gasteiger partial charge in [-0.15, -0.1) is 0 Å². The minimum atomic E-state index is 0.0762. The summed E-state index contributed by atoms with van der Waals surface area (Å²) in [4.78, 5) is 27.4. The van der Waals surface area contributed by atoms with Crippen LogP contribution in [-0.4, -0.2) is 51.6 Å². The summed E-state index contributed by atoms with van der Waals surface area (Å²) in [7, 11) is 0. The molecule has 1 amide bonds. The zero-order chi connectivity index (χ0) is 18.6. The third-order valence-electron chi connectivity index (χ3n) is 5.20. The first kappa shape index (κ1) is 17.9. The number of fused-ring (bicyclic) bond motifs is 1. The molecule has 1 atom stereocenters. The fourth-order valence-electron chi connectivity index (χ4n) is 3.65. The largest absolute Gasteiger partial charge is 0.376 e. The number of amides is 1. The van der Waals surface area contributed by atoms with Crippen LogP contribution in [-0.2, 0) is 22.5 Å². The molecule has 1 fully saturated rings. The molecule has 0 spiro atoms. The molecule has 2 aliphatic rings. The highest BCUT2D eigenvalue weighted by molar-refractivity contribution is 5.74. The van der Waals surface area contributed by atoms with Gasteiger partial charge in [0.1, 0.15) is 5.82 Å². The highest BCUT2D eigenvalue weighted by atomic mass is 16.5. The normalized spacial score (nSPS) is 19.4. The smallest absolute Gasteiger partial charge is 0.219 e. The fourth-order valence-corrected chi connectivity index (χ4v) is 3.65. The Morgan fingerprint density at radius 2 is 2.30 bits per heavy atom. The Balaban J connectivity index is 1.63. The fraction of sp³-hybridized carbons (Fsp3) is 0.500. The molecule has 1 saturated heterocycles. The van der Waals surface area contributed by atoms with Gasteiger partial charge in [-0.05, 0) is 37.8 Å². The summed E-state index contributed by atoms with van der Waals surface area (Å²) in [5.74, 6) is 1.57. The van der Waals surface area contributed by atoms with E-state index in [2.05, 4.69) is 10.3 Å². The molecule has 7 nitrogen and oxygen atoms in total. The molecule has 0 saturated carbocycles. The monoisotopic (exact) mass is 367 g/mol. The van der Waals surface area contributed by atoms with Gasteiger partial charge in [-0.2, -0.15) is 0 Å². The number of nitrogens with zero attached hydrogens (tertiary/aromatic N) is 4. The van der Waals surface area contributed by atoms with Crippen LogP contribution in [0.25, 0.3) is 11.4 Å². The lowest BCUT2D eigenvalue weighted by atomic mass is 10.0. The van der Waals surface area contributed by atoms with E-state index in [1.165, 1.54) is 6.42 Å². The summed E-state index contributed by atoms with van der Waals surface area (Å²) >= 11 is 0. The van der Waals surface area contributed by atoms with E-state index in [9.17, 15) is 4.79 Å². The molecule has 0 aliphatic carbocycles. The van der Waals surface area contributed by atoms with Gasteiger partial charge in [0, 0.05) is 50.1 Å². The molecule has 7 heteroatoms. The number of nitrogens with one attached hydrogen (secondary N) is 1. The first-order chi connectivity index (χ1) is 13.2. The van der Waals surface area contributed by atoms with Gasteiger partial charge in [-0.3, -0.25) is 9.78 Å². The standard InChI is InChI=1S/C20H25N5O2/c1-14(26)25-9-7-17-18(13-25)23-19(15-5-4-8-21-11-15)24-20(17)22-12-16-6-2-3-10-27-16/h4-5,8,11,16H,2-3,6-7,9-10,12-13H2,1H3,(H,22,23,24)/t16-/m0/s1. The zero-order valence-electron chi connectivity index (χ0n) is 15.6. The number of carbonyl (C=O) groups excluding carboxylic acids is 1. The summed E-state index contributed by atoms with van der Waals surface area (Å²) in [5.41, 5.74) is 2.89. The van der Waals surface area contributed by atoms with Gasteiger partial charge in [-0.25, -0.2) is 9.97 Å². The molecule has 2 aliphatic heterocycles. The van der Waals surface area contributed by atoms with E-state index >= 15 is 0 Å². The molecule has 0 radical (unpaired) electrons. The second-order valence-electron chi connectivity index (χ2n) is 7.12. The SMILES string of the molecule is CC(=O)N1CCc2c(nc(-c3cccnc3)nc2NC[C@@H]2CCCCO2)C1. The molecule has 4 heterocycles. The van der Waals surface area contributed by atoms with Crippen LogP contribution in [0, 0.1) is 0 Å². The second kappa shape index (κ2) is 8.00. The Labute approximate surface area is 159 Å². The van der Waals surface area contributed by atoms with Crippen molar-refractivity contribution in [2.75, 3.05) is 25.0 Å². The van der Waals surface area contributed by atoms with E-state index in [0.29, 0.717) is 18.9 Å². The lowest BCUT2D eigenvalue weighted by Gasteiger charge is -2.29. The van der Waals surface area contributed by atoms with Crippen LogP contribution < -0.4 is 5.32 Å². The third-order valence-corrected chi connectivity index (χ3v) is 5.20. The molecular formula is C20H25N5O2. The van der Waals surface area contributed by atoms with Crippen molar-refractivity contribution in [3.05, 3.63) is 35.8 Å². The van der Waals surface area contributed by atoms with Crippen LogP contribution in [0.1, 0.15) is 37.4 Å². The zero-order valence-corrected chi connectivity index (χ0v) is 15.6. The molecule has 142 valence electrons. The number of ether oxygens (including phenoxy) is 1. The Hall–Kier alpha value is -2.54. The first-order valence-corrected chi connectivity index (χ1v) is 9.62. The molecule has 27 heavy (non-hydrogen) atoms. The number of aromatic nitrogens is 3. The average Bonchev–Trinajstić information content (AvgIpc) is 2.72. The molecule has 0 bridgehead atoms. The Kier molecular flexibility index (Phi) is 5.29. The summed E-state index contributed by atoms with van der Waals surface area (Å²) in [5, 5.41) is 3.50. The van der Waals surface area contributed by atoms with E-state index < -0.39 is 0 Å². The molecule has 0 aromatic carbocycles. The molecule has 4 rings (SSSR count). The average molecular weight is 367 g/mol. The van der Waals surface area contributed by atoms with E-state index in [0.717, 1.165) is 55.1 Å².